The van der Waals surface area contributed by atoms with Crippen molar-refractivity contribution in [2.75, 3.05) is 31.6 Å². The molecule has 1 aliphatic rings. The molecule has 1 saturated heterocycles. The van der Waals surface area contributed by atoms with Crippen LogP contribution in [0.1, 0.15) is 27.2 Å². The van der Waals surface area contributed by atoms with Gasteiger partial charge in [-0.05, 0) is 51.3 Å². The second-order valence-corrected chi connectivity index (χ2v) is 7.82. The summed E-state index contributed by atoms with van der Waals surface area (Å²) in [6.45, 7) is 9.60. The van der Waals surface area contributed by atoms with E-state index < -0.39 is 0 Å². The number of hydrogen-bond donors (Lipinski definition) is 2. The zero-order valence-electron chi connectivity index (χ0n) is 14.0. The molecule has 2 N–H and O–H groups in total. The third-order valence-electron chi connectivity index (χ3n) is 3.73. The van der Waals surface area contributed by atoms with Crippen LogP contribution in [0.25, 0.3) is 0 Å². The van der Waals surface area contributed by atoms with Gasteiger partial charge in [-0.1, -0.05) is 22.0 Å². The number of benzene rings is 1. The van der Waals surface area contributed by atoms with Gasteiger partial charge in [-0.25, -0.2) is 0 Å². The van der Waals surface area contributed by atoms with E-state index in [1.165, 1.54) is 12.1 Å². The van der Waals surface area contributed by atoms with Gasteiger partial charge in [-0.15, -0.1) is 0 Å². The number of nitrogens with one attached hydrogen (secondary N) is 2. The minimum atomic E-state index is 0.0276. The molecule has 1 heterocycles. The third-order valence-corrected chi connectivity index (χ3v) is 4.23. The highest BCUT2D eigenvalue weighted by atomic mass is 79.9. The lowest BCUT2D eigenvalue weighted by atomic mass is 10.1. The Kier molecular flexibility index (Phi) is 5.73. The largest absolute Gasteiger partial charge is 0.371 e. The number of hydrogen-bond acceptors (Lipinski definition) is 2. The predicted octanol–water partition coefficient (Wildman–Crippen LogP) is 3.24. The number of aliphatic imine (C=N–C) groups is 1. The van der Waals surface area contributed by atoms with Crippen LogP contribution in [-0.2, 0) is 0 Å². The number of rotatable bonds is 3. The van der Waals surface area contributed by atoms with Crippen molar-refractivity contribution in [2.24, 2.45) is 10.9 Å². The molecule has 22 heavy (non-hydrogen) atoms. The van der Waals surface area contributed by atoms with E-state index in [1.807, 2.05) is 7.05 Å². The van der Waals surface area contributed by atoms with Crippen molar-refractivity contribution >= 4 is 27.6 Å². The maximum Gasteiger partial charge on any atom is 0.191 e. The van der Waals surface area contributed by atoms with Crippen LogP contribution in [0.3, 0.4) is 0 Å². The second-order valence-electron chi connectivity index (χ2n) is 6.91. The van der Waals surface area contributed by atoms with Crippen molar-refractivity contribution in [3.8, 4) is 0 Å². The Morgan fingerprint density at radius 2 is 2.18 bits per heavy atom. The summed E-state index contributed by atoms with van der Waals surface area (Å²) in [6.07, 6.45) is 1.21. The number of nitrogens with zero attached hydrogens (tertiary/aromatic N) is 2. The van der Waals surface area contributed by atoms with Crippen molar-refractivity contribution in [1.29, 1.82) is 0 Å². The van der Waals surface area contributed by atoms with E-state index in [0.29, 0.717) is 5.92 Å². The van der Waals surface area contributed by atoms with Gasteiger partial charge in [-0.3, -0.25) is 4.99 Å². The molecule has 0 aliphatic carbocycles. The predicted molar refractivity (Wildman–Crippen MR) is 98.7 cm³/mol. The van der Waals surface area contributed by atoms with Gasteiger partial charge < -0.3 is 15.5 Å². The van der Waals surface area contributed by atoms with Gasteiger partial charge in [0.2, 0.25) is 0 Å². The number of halogens is 1. The Balaban J connectivity index is 1.84. The monoisotopic (exact) mass is 366 g/mol. The molecule has 0 amide bonds. The molecule has 1 aromatic rings. The van der Waals surface area contributed by atoms with Crippen molar-refractivity contribution in [3.63, 3.8) is 0 Å². The summed E-state index contributed by atoms with van der Waals surface area (Å²) in [5.74, 6) is 1.53. The molecule has 0 spiro atoms. The van der Waals surface area contributed by atoms with Gasteiger partial charge in [0, 0.05) is 42.4 Å². The molecule has 0 saturated carbocycles. The molecule has 1 aromatic carbocycles. The molecule has 1 unspecified atom stereocenters. The van der Waals surface area contributed by atoms with Crippen LogP contribution in [0.2, 0.25) is 0 Å². The molecule has 0 bridgehead atoms. The lowest BCUT2D eigenvalue weighted by Crippen LogP contribution is -2.48. The lowest BCUT2D eigenvalue weighted by Gasteiger charge is -2.25. The second kappa shape index (κ2) is 7.36. The van der Waals surface area contributed by atoms with E-state index in [4.69, 9.17) is 0 Å². The highest BCUT2D eigenvalue weighted by Gasteiger charge is 2.23. The van der Waals surface area contributed by atoms with Crippen LogP contribution >= 0.6 is 15.9 Å². The van der Waals surface area contributed by atoms with Crippen LogP contribution < -0.4 is 15.5 Å². The van der Waals surface area contributed by atoms with Crippen LogP contribution in [0.4, 0.5) is 5.69 Å². The van der Waals surface area contributed by atoms with E-state index in [2.05, 4.69) is 81.5 Å². The van der Waals surface area contributed by atoms with Gasteiger partial charge >= 0.3 is 0 Å². The smallest absolute Gasteiger partial charge is 0.191 e. The molecule has 1 atom stereocenters. The quantitative estimate of drug-likeness (QED) is 0.637. The maximum atomic E-state index is 4.30. The fourth-order valence-corrected chi connectivity index (χ4v) is 3.07. The van der Waals surface area contributed by atoms with Crippen molar-refractivity contribution < 1.29 is 0 Å². The third kappa shape index (κ3) is 5.20. The molecule has 1 fully saturated rings. The summed E-state index contributed by atoms with van der Waals surface area (Å²) in [5.41, 5.74) is 1.33. The molecular weight excluding hydrogens is 340 g/mol. The molecule has 122 valence electrons. The van der Waals surface area contributed by atoms with Gasteiger partial charge in [0.15, 0.2) is 5.96 Å². The van der Waals surface area contributed by atoms with E-state index in [0.717, 1.165) is 30.1 Å². The first kappa shape index (κ1) is 17.1. The van der Waals surface area contributed by atoms with Crippen LogP contribution in [0.15, 0.2) is 33.7 Å². The van der Waals surface area contributed by atoms with Crippen molar-refractivity contribution in [1.82, 2.24) is 10.6 Å². The first-order valence-corrected chi connectivity index (χ1v) is 8.66. The Labute approximate surface area is 142 Å². The lowest BCUT2D eigenvalue weighted by molar-refractivity contribution is 0.491. The van der Waals surface area contributed by atoms with E-state index in [-0.39, 0.29) is 5.54 Å². The zero-order valence-corrected chi connectivity index (χ0v) is 15.6. The molecule has 5 heteroatoms. The topological polar surface area (TPSA) is 39.7 Å². The van der Waals surface area contributed by atoms with E-state index in [1.54, 1.807) is 0 Å². The SMILES string of the molecule is CN=C(NCC1CCN(c2cccc(Br)c2)C1)NC(C)(C)C. The van der Waals surface area contributed by atoms with Crippen molar-refractivity contribution in [3.05, 3.63) is 28.7 Å². The minimum Gasteiger partial charge on any atom is -0.371 e. The fourth-order valence-electron chi connectivity index (χ4n) is 2.68. The average molecular weight is 367 g/mol. The Morgan fingerprint density at radius 1 is 1.41 bits per heavy atom. The fraction of sp³-hybridized carbons (Fsp3) is 0.588. The van der Waals surface area contributed by atoms with Gasteiger partial charge in [0.05, 0.1) is 0 Å². The highest BCUT2D eigenvalue weighted by Crippen LogP contribution is 2.25. The first-order chi connectivity index (χ1) is 10.4. The summed E-state index contributed by atoms with van der Waals surface area (Å²) in [4.78, 5) is 6.75. The summed E-state index contributed by atoms with van der Waals surface area (Å²) < 4.78 is 1.14. The van der Waals surface area contributed by atoms with Gasteiger partial charge in [0.1, 0.15) is 0 Å². The molecule has 1 aliphatic heterocycles. The summed E-state index contributed by atoms with van der Waals surface area (Å²) in [6, 6.07) is 8.54. The van der Waals surface area contributed by atoms with Crippen LogP contribution in [-0.4, -0.2) is 38.2 Å². The Bertz CT molecular complexity index is 522. The maximum absolute atomic E-state index is 4.30. The van der Waals surface area contributed by atoms with E-state index in [9.17, 15) is 0 Å². The molecular formula is C17H27BrN4. The van der Waals surface area contributed by atoms with Gasteiger partial charge in [-0.2, -0.15) is 0 Å². The van der Waals surface area contributed by atoms with E-state index >= 15 is 0 Å². The summed E-state index contributed by atoms with van der Waals surface area (Å²) in [7, 11) is 1.82. The first-order valence-electron chi connectivity index (χ1n) is 7.87. The van der Waals surface area contributed by atoms with Crippen molar-refractivity contribution in [2.45, 2.75) is 32.7 Å². The van der Waals surface area contributed by atoms with Gasteiger partial charge in [0.25, 0.3) is 0 Å². The summed E-state index contributed by atoms with van der Waals surface area (Å²) in [5, 5.41) is 6.85. The highest BCUT2D eigenvalue weighted by molar-refractivity contribution is 9.10. The zero-order chi connectivity index (χ0) is 16.2. The average Bonchev–Trinajstić information content (AvgIpc) is 2.91. The Morgan fingerprint density at radius 3 is 2.82 bits per heavy atom. The molecule has 0 radical (unpaired) electrons. The van der Waals surface area contributed by atoms with Crippen LogP contribution in [0.5, 0.6) is 0 Å². The minimum absolute atomic E-state index is 0.0276. The summed E-state index contributed by atoms with van der Waals surface area (Å²) >= 11 is 3.55. The standard InChI is InChI=1S/C17H27BrN4/c1-17(2,3)21-16(19-4)20-11-13-8-9-22(12-13)15-7-5-6-14(18)10-15/h5-7,10,13H,8-9,11-12H2,1-4H3,(H2,19,20,21). The van der Waals surface area contributed by atoms with Crippen LogP contribution in [0, 0.1) is 5.92 Å². The molecule has 2 rings (SSSR count). The number of anilines is 1. The molecule has 0 aromatic heterocycles. The molecule has 4 nitrogen and oxygen atoms in total. The Hall–Kier alpha value is -1.23. The normalized spacial score (nSPS) is 19.4. The number of guanidine groups is 1.